The van der Waals surface area contributed by atoms with Gasteiger partial charge in [-0.05, 0) is 12.8 Å². The summed E-state index contributed by atoms with van der Waals surface area (Å²) in [6, 6.07) is 1.48. The maximum absolute atomic E-state index is 11.9. The molecule has 0 saturated carbocycles. The van der Waals surface area contributed by atoms with E-state index >= 15 is 0 Å². The zero-order valence-corrected chi connectivity index (χ0v) is 10.1. The Morgan fingerprint density at radius 3 is 2.62 bits per heavy atom. The Kier molecular flexibility index (Phi) is 4.20. The predicted molar refractivity (Wildman–Crippen MR) is 63.2 cm³/mol. The molecule has 1 amide bonds. The fourth-order valence-corrected chi connectivity index (χ4v) is 1.36. The van der Waals surface area contributed by atoms with E-state index in [4.69, 9.17) is 17.3 Å². The second-order valence-electron chi connectivity index (χ2n) is 3.54. The molecule has 1 heterocycles. The van der Waals surface area contributed by atoms with Crippen molar-refractivity contribution in [1.29, 1.82) is 0 Å². The first-order chi connectivity index (χ1) is 7.51. The van der Waals surface area contributed by atoms with Gasteiger partial charge in [0.15, 0.2) is 0 Å². The lowest BCUT2D eigenvalue weighted by Crippen LogP contribution is -2.50. The average molecular weight is 243 g/mol. The highest BCUT2D eigenvalue weighted by Gasteiger charge is 2.30. The third-order valence-corrected chi connectivity index (χ3v) is 2.80. The molecule has 0 bridgehead atoms. The number of halogens is 1. The zero-order valence-electron chi connectivity index (χ0n) is 9.33. The number of nitrogens with one attached hydrogen (secondary N) is 1. The molecule has 1 aromatic heterocycles. The van der Waals surface area contributed by atoms with E-state index in [1.54, 1.807) is 0 Å². The van der Waals surface area contributed by atoms with Crippen molar-refractivity contribution in [2.24, 2.45) is 5.73 Å². The van der Waals surface area contributed by atoms with Crippen LogP contribution in [0.15, 0.2) is 12.4 Å². The highest BCUT2D eigenvalue weighted by atomic mass is 35.5. The molecular weight excluding hydrogens is 228 g/mol. The van der Waals surface area contributed by atoms with Gasteiger partial charge in [0, 0.05) is 6.07 Å². The van der Waals surface area contributed by atoms with Crippen LogP contribution in [0.1, 0.15) is 26.7 Å². The monoisotopic (exact) mass is 242 g/mol. The first-order valence-corrected chi connectivity index (χ1v) is 5.47. The van der Waals surface area contributed by atoms with Crippen LogP contribution in [-0.2, 0) is 4.79 Å². The quantitative estimate of drug-likeness (QED) is 0.786. The molecule has 0 aliphatic carbocycles. The van der Waals surface area contributed by atoms with Crippen LogP contribution in [0, 0.1) is 0 Å². The fourth-order valence-electron chi connectivity index (χ4n) is 1.21. The summed E-state index contributed by atoms with van der Waals surface area (Å²) in [5.74, 6) is 0.106. The summed E-state index contributed by atoms with van der Waals surface area (Å²) in [7, 11) is 0. The molecule has 3 N–H and O–H groups in total. The van der Waals surface area contributed by atoms with Crippen LogP contribution in [0.25, 0.3) is 0 Å². The lowest BCUT2D eigenvalue weighted by Gasteiger charge is -2.24. The Morgan fingerprint density at radius 1 is 1.50 bits per heavy atom. The van der Waals surface area contributed by atoms with Crippen molar-refractivity contribution >= 4 is 23.3 Å². The van der Waals surface area contributed by atoms with Crippen LogP contribution < -0.4 is 11.1 Å². The van der Waals surface area contributed by atoms with Gasteiger partial charge in [-0.3, -0.25) is 4.79 Å². The molecule has 0 radical (unpaired) electrons. The number of hydrogen-bond acceptors (Lipinski definition) is 4. The van der Waals surface area contributed by atoms with Crippen LogP contribution in [0.3, 0.4) is 0 Å². The number of nitrogens with zero attached hydrogens (tertiary/aromatic N) is 2. The molecular formula is C10H15ClN4O. The number of anilines is 1. The maximum Gasteiger partial charge on any atom is 0.245 e. The Labute approximate surface area is 99.4 Å². The molecule has 0 atom stereocenters. The lowest BCUT2D eigenvalue weighted by atomic mass is 9.93. The average Bonchev–Trinajstić information content (AvgIpc) is 2.28. The van der Waals surface area contributed by atoms with Gasteiger partial charge in [-0.15, -0.1) is 0 Å². The van der Waals surface area contributed by atoms with E-state index in [1.807, 2.05) is 13.8 Å². The number of carbonyl (C=O) groups excluding carboxylic acids is 1. The van der Waals surface area contributed by atoms with Crippen LogP contribution in [0.5, 0.6) is 0 Å². The van der Waals surface area contributed by atoms with Gasteiger partial charge in [0.1, 0.15) is 17.3 Å². The van der Waals surface area contributed by atoms with E-state index in [2.05, 4.69) is 15.3 Å². The third kappa shape index (κ3) is 2.90. The zero-order chi connectivity index (χ0) is 12.2. The molecule has 1 rings (SSSR count). The van der Waals surface area contributed by atoms with Gasteiger partial charge in [0.25, 0.3) is 0 Å². The summed E-state index contributed by atoms with van der Waals surface area (Å²) < 4.78 is 0. The van der Waals surface area contributed by atoms with Gasteiger partial charge >= 0.3 is 0 Å². The minimum Gasteiger partial charge on any atom is -0.317 e. The molecule has 6 heteroatoms. The molecule has 0 fully saturated rings. The summed E-state index contributed by atoms with van der Waals surface area (Å²) in [6.45, 7) is 3.74. The number of hydrogen-bond donors (Lipinski definition) is 2. The van der Waals surface area contributed by atoms with E-state index < -0.39 is 5.54 Å². The molecule has 0 aromatic carbocycles. The van der Waals surface area contributed by atoms with Gasteiger partial charge < -0.3 is 11.1 Å². The highest BCUT2D eigenvalue weighted by Crippen LogP contribution is 2.15. The Hall–Kier alpha value is -1.20. The van der Waals surface area contributed by atoms with Gasteiger partial charge in [-0.25, -0.2) is 9.97 Å². The van der Waals surface area contributed by atoms with Crippen LogP contribution >= 0.6 is 11.6 Å². The van der Waals surface area contributed by atoms with Gasteiger partial charge in [-0.2, -0.15) is 0 Å². The van der Waals surface area contributed by atoms with Gasteiger partial charge in [0.05, 0.1) is 5.54 Å². The van der Waals surface area contributed by atoms with E-state index in [0.717, 1.165) is 0 Å². The predicted octanol–water partition coefficient (Wildman–Crippen LogP) is 1.59. The number of amides is 1. The molecule has 0 aliphatic heterocycles. The van der Waals surface area contributed by atoms with Crippen molar-refractivity contribution < 1.29 is 4.79 Å². The Balaban J connectivity index is 2.78. The van der Waals surface area contributed by atoms with Crippen LogP contribution in [0.4, 0.5) is 5.82 Å². The molecule has 0 saturated heterocycles. The van der Waals surface area contributed by atoms with E-state index in [0.29, 0.717) is 18.7 Å². The molecule has 0 unspecified atom stereocenters. The summed E-state index contributed by atoms with van der Waals surface area (Å²) in [4.78, 5) is 19.5. The van der Waals surface area contributed by atoms with E-state index in [1.165, 1.54) is 12.4 Å². The standard InChI is InChI=1S/C10H15ClN4O/c1-3-10(12,4-2)9(16)15-8-5-7(11)13-6-14-8/h5-6H,3-4,12H2,1-2H3,(H,13,14,15,16). The van der Waals surface area contributed by atoms with Crippen molar-refractivity contribution in [3.05, 3.63) is 17.5 Å². The van der Waals surface area contributed by atoms with Crippen molar-refractivity contribution in [3.63, 3.8) is 0 Å². The summed E-state index contributed by atoms with van der Waals surface area (Å²) in [6.07, 6.45) is 2.41. The minimum absolute atomic E-state index is 0.257. The Bertz CT molecular complexity index is 379. The number of nitrogens with two attached hydrogens (primary N) is 1. The second-order valence-corrected chi connectivity index (χ2v) is 3.93. The van der Waals surface area contributed by atoms with Crippen molar-refractivity contribution in [2.45, 2.75) is 32.2 Å². The topological polar surface area (TPSA) is 80.9 Å². The minimum atomic E-state index is -0.864. The normalized spacial score (nSPS) is 11.2. The van der Waals surface area contributed by atoms with Crippen LogP contribution in [0.2, 0.25) is 5.15 Å². The SMILES string of the molecule is CCC(N)(CC)C(=O)Nc1cc(Cl)ncn1. The maximum atomic E-state index is 11.9. The van der Waals surface area contributed by atoms with Gasteiger partial charge in [0.2, 0.25) is 5.91 Å². The number of rotatable bonds is 4. The molecule has 1 aromatic rings. The fraction of sp³-hybridized carbons (Fsp3) is 0.500. The molecule has 16 heavy (non-hydrogen) atoms. The largest absolute Gasteiger partial charge is 0.317 e. The summed E-state index contributed by atoms with van der Waals surface area (Å²) >= 11 is 5.68. The van der Waals surface area contributed by atoms with Crippen LogP contribution in [-0.4, -0.2) is 21.4 Å². The summed E-state index contributed by atoms with van der Waals surface area (Å²) in [5.41, 5.74) is 5.07. The second kappa shape index (κ2) is 5.23. The highest BCUT2D eigenvalue weighted by molar-refractivity contribution is 6.29. The lowest BCUT2D eigenvalue weighted by molar-refractivity contribution is -0.121. The number of carbonyl (C=O) groups is 1. The molecule has 88 valence electrons. The van der Waals surface area contributed by atoms with E-state index in [-0.39, 0.29) is 11.1 Å². The van der Waals surface area contributed by atoms with Crippen molar-refractivity contribution in [3.8, 4) is 0 Å². The van der Waals surface area contributed by atoms with Crippen molar-refractivity contribution in [1.82, 2.24) is 9.97 Å². The molecule has 0 aliphatic rings. The summed E-state index contributed by atoms with van der Waals surface area (Å²) in [5, 5.41) is 2.90. The van der Waals surface area contributed by atoms with Crippen molar-refractivity contribution in [2.75, 3.05) is 5.32 Å². The first-order valence-electron chi connectivity index (χ1n) is 5.09. The molecule has 0 spiro atoms. The van der Waals surface area contributed by atoms with E-state index in [9.17, 15) is 4.79 Å². The van der Waals surface area contributed by atoms with Gasteiger partial charge in [-0.1, -0.05) is 25.4 Å². The third-order valence-electron chi connectivity index (χ3n) is 2.59. The molecule has 5 nitrogen and oxygen atoms in total. The number of aromatic nitrogens is 2. The first kappa shape index (κ1) is 12.9. The smallest absolute Gasteiger partial charge is 0.245 e. The Morgan fingerprint density at radius 2 is 2.12 bits per heavy atom.